The van der Waals surface area contributed by atoms with Gasteiger partial charge in [0, 0.05) is 23.2 Å². The van der Waals surface area contributed by atoms with Gasteiger partial charge in [0.05, 0.1) is 0 Å². The van der Waals surface area contributed by atoms with Gasteiger partial charge in [-0.15, -0.1) is 5.10 Å². The predicted molar refractivity (Wildman–Crippen MR) is 93.0 cm³/mol. The molecule has 0 aliphatic carbocycles. The number of fused-ring (bicyclic) bond motifs is 1. The molecule has 1 amide bonds. The van der Waals surface area contributed by atoms with E-state index < -0.39 is 0 Å². The van der Waals surface area contributed by atoms with Crippen LogP contribution in [0.2, 0.25) is 0 Å². The minimum atomic E-state index is -0.207. The van der Waals surface area contributed by atoms with Crippen molar-refractivity contribution in [3.63, 3.8) is 0 Å². The number of carbonyl (C=O) groups is 2. The number of rotatable bonds is 5. The highest BCUT2D eigenvalue weighted by Gasteiger charge is 2.17. The number of amides is 1. The molecule has 0 saturated heterocycles. The zero-order chi connectivity index (χ0) is 17.9. The highest BCUT2D eigenvalue weighted by atomic mass is 16.6. The van der Waals surface area contributed by atoms with Crippen molar-refractivity contribution in [3.8, 4) is 17.5 Å². The lowest BCUT2D eigenvalue weighted by Crippen LogP contribution is -2.20. The van der Waals surface area contributed by atoms with Crippen LogP contribution in [0.4, 0.5) is 5.69 Å². The lowest BCUT2D eigenvalue weighted by atomic mass is 9.99. The van der Waals surface area contributed by atoms with E-state index in [1.807, 2.05) is 30.3 Å². The third-order valence-corrected chi connectivity index (χ3v) is 4.08. The molecule has 4 rings (SSSR count). The Morgan fingerprint density at radius 1 is 1.12 bits per heavy atom. The summed E-state index contributed by atoms with van der Waals surface area (Å²) >= 11 is 0. The van der Waals surface area contributed by atoms with Gasteiger partial charge in [-0.3, -0.25) is 9.59 Å². The Morgan fingerprint density at radius 3 is 2.81 bits per heavy atom. The number of hydrogen-bond acceptors (Lipinski definition) is 6. The summed E-state index contributed by atoms with van der Waals surface area (Å²) in [6, 6.07) is 14.5. The Bertz CT molecular complexity index is 966. The third kappa shape index (κ3) is 3.32. The molecular weight excluding hydrogens is 334 g/mol. The number of nitrogens with zero attached hydrogens (tertiary/aromatic N) is 2. The average Bonchev–Trinajstić information content (AvgIpc) is 3.15. The smallest absolute Gasteiger partial charge is 0.415 e. The largest absolute Gasteiger partial charge is 0.441 e. The molecule has 1 aliphatic heterocycles. The summed E-state index contributed by atoms with van der Waals surface area (Å²) in [4.78, 5) is 23.7. The Balaban J connectivity index is 1.42. The van der Waals surface area contributed by atoms with Crippen LogP contribution < -0.4 is 10.1 Å². The third-order valence-electron chi connectivity index (χ3n) is 4.08. The predicted octanol–water partition coefficient (Wildman–Crippen LogP) is 2.88. The lowest BCUT2D eigenvalue weighted by Gasteiger charge is -2.17. The van der Waals surface area contributed by atoms with Crippen LogP contribution in [-0.2, 0) is 11.2 Å². The molecule has 130 valence electrons. The zero-order valence-electron chi connectivity index (χ0n) is 13.8. The van der Waals surface area contributed by atoms with Crippen LogP contribution in [0.15, 0.2) is 52.9 Å². The van der Waals surface area contributed by atoms with Crippen molar-refractivity contribution >= 4 is 17.4 Å². The summed E-state index contributed by atoms with van der Waals surface area (Å²) in [6.07, 6.45) is 0.987. The van der Waals surface area contributed by atoms with Gasteiger partial charge in [-0.2, -0.15) is 0 Å². The summed E-state index contributed by atoms with van der Waals surface area (Å²) in [5.74, 6) is 0.118. The Labute approximate surface area is 149 Å². The molecule has 1 aliphatic rings. The van der Waals surface area contributed by atoms with Gasteiger partial charge in [-0.05, 0) is 42.3 Å². The van der Waals surface area contributed by atoms with Gasteiger partial charge in [-0.1, -0.05) is 23.3 Å². The molecule has 3 aromatic rings. The number of anilines is 1. The van der Waals surface area contributed by atoms with Gasteiger partial charge in [0.15, 0.2) is 12.4 Å². The maximum atomic E-state index is 12.3. The molecule has 0 spiro atoms. The molecule has 7 heteroatoms. The van der Waals surface area contributed by atoms with Crippen LogP contribution in [0.1, 0.15) is 22.3 Å². The molecule has 0 atom stereocenters. The monoisotopic (exact) mass is 349 g/mol. The fraction of sp³-hybridized carbons (Fsp3) is 0.158. The van der Waals surface area contributed by atoms with Crippen LogP contribution in [0, 0.1) is 0 Å². The maximum absolute atomic E-state index is 12.3. The molecule has 0 saturated carbocycles. The van der Waals surface area contributed by atoms with Gasteiger partial charge >= 0.3 is 6.08 Å². The van der Waals surface area contributed by atoms with E-state index in [1.165, 1.54) is 0 Å². The number of hydrogen-bond donors (Lipinski definition) is 1. The fourth-order valence-corrected chi connectivity index (χ4v) is 2.73. The number of aromatic nitrogens is 2. The Kier molecular flexibility index (Phi) is 4.18. The highest BCUT2D eigenvalue weighted by Crippen LogP contribution is 2.24. The summed E-state index contributed by atoms with van der Waals surface area (Å²) < 4.78 is 10.7. The van der Waals surface area contributed by atoms with Gasteiger partial charge in [0.1, 0.15) is 0 Å². The van der Waals surface area contributed by atoms with Crippen molar-refractivity contribution < 1.29 is 18.7 Å². The first-order valence-electron chi connectivity index (χ1n) is 8.17. The molecule has 26 heavy (non-hydrogen) atoms. The maximum Gasteiger partial charge on any atom is 0.415 e. The van der Waals surface area contributed by atoms with E-state index in [0.29, 0.717) is 24.3 Å². The van der Waals surface area contributed by atoms with Gasteiger partial charge in [0.25, 0.3) is 5.89 Å². The van der Waals surface area contributed by atoms with E-state index in [2.05, 4.69) is 15.5 Å². The van der Waals surface area contributed by atoms with E-state index in [-0.39, 0.29) is 24.4 Å². The molecular formula is C19H15N3O4. The number of benzene rings is 2. The van der Waals surface area contributed by atoms with Crippen molar-refractivity contribution in [2.24, 2.45) is 0 Å². The molecule has 2 heterocycles. The highest BCUT2D eigenvalue weighted by molar-refractivity contribution is 5.99. The second kappa shape index (κ2) is 6.79. The Morgan fingerprint density at radius 2 is 1.96 bits per heavy atom. The number of ketones is 1. The van der Waals surface area contributed by atoms with Crippen molar-refractivity contribution in [1.82, 2.24) is 10.2 Å². The van der Waals surface area contributed by atoms with Crippen LogP contribution in [0.5, 0.6) is 6.08 Å². The zero-order valence-corrected chi connectivity index (χ0v) is 13.8. The number of ether oxygens (including phenoxy) is 1. The van der Waals surface area contributed by atoms with Crippen molar-refractivity contribution in [1.29, 1.82) is 0 Å². The molecule has 1 N–H and O–H groups in total. The number of nitrogens with one attached hydrogen (secondary N) is 1. The standard InChI is InChI=1S/C19H15N3O4/c23-16(14-6-8-15-13(10-14)7-9-17(24)20-15)11-25-19-22-21-18(26-19)12-4-2-1-3-5-12/h1-6,8,10H,7,9,11H2,(H,20,24). The topological polar surface area (TPSA) is 94.3 Å². The van der Waals surface area contributed by atoms with Crippen LogP contribution in [0.3, 0.4) is 0 Å². The van der Waals surface area contributed by atoms with Crippen LogP contribution in [0.25, 0.3) is 11.5 Å². The number of carbonyl (C=O) groups excluding carboxylic acids is 2. The molecule has 7 nitrogen and oxygen atoms in total. The lowest BCUT2D eigenvalue weighted by molar-refractivity contribution is -0.116. The number of aryl methyl sites for hydroxylation is 1. The van der Waals surface area contributed by atoms with E-state index >= 15 is 0 Å². The van der Waals surface area contributed by atoms with E-state index in [4.69, 9.17) is 9.15 Å². The first-order chi connectivity index (χ1) is 12.7. The second-order valence-corrected chi connectivity index (χ2v) is 5.87. The summed E-state index contributed by atoms with van der Waals surface area (Å²) in [5.41, 5.74) is 2.99. The normalized spacial score (nSPS) is 13.0. The molecule has 0 radical (unpaired) electrons. The van der Waals surface area contributed by atoms with Crippen LogP contribution in [-0.4, -0.2) is 28.5 Å². The Hall–Kier alpha value is -3.48. The quantitative estimate of drug-likeness (QED) is 0.712. The summed E-state index contributed by atoms with van der Waals surface area (Å²) in [5, 5.41) is 10.5. The SMILES string of the molecule is O=C1CCc2cc(C(=O)COc3nnc(-c4ccccc4)o3)ccc2N1. The van der Waals surface area contributed by atoms with Gasteiger partial charge < -0.3 is 14.5 Å². The van der Waals surface area contributed by atoms with Crippen molar-refractivity contribution in [2.45, 2.75) is 12.8 Å². The van der Waals surface area contributed by atoms with Crippen molar-refractivity contribution in [2.75, 3.05) is 11.9 Å². The molecule has 1 aromatic heterocycles. The van der Waals surface area contributed by atoms with Gasteiger partial charge in [-0.25, -0.2) is 0 Å². The van der Waals surface area contributed by atoms with E-state index in [9.17, 15) is 9.59 Å². The van der Waals surface area contributed by atoms with E-state index in [1.54, 1.807) is 18.2 Å². The first-order valence-corrected chi connectivity index (χ1v) is 8.17. The molecule has 0 unspecified atom stereocenters. The summed E-state index contributed by atoms with van der Waals surface area (Å²) in [6.45, 7) is -0.207. The molecule has 0 fully saturated rings. The van der Waals surface area contributed by atoms with Crippen molar-refractivity contribution in [3.05, 3.63) is 59.7 Å². The minimum Gasteiger partial charge on any atom is -0.441 e. The average molecular weight is 349 g/mol. The fourth-order valence-electron chi connectivity index (χ4n) is 2.73. The van der Waals surface area contributed by atoms with Gasteiger partial charge in [0.2, 0.25) is 5.91 Å². The molecule has 0 bridgehead atoms. The van der Waals surface area contributed by atoms with Crippen LogP contribution >= 0.6 is 0 Å². The second-order valence-electron chi connectivity index (χ2n) is 5.87. The minimum absolute atomic E-state index is 0.00877. The number of Topliss-reactive ketones (excluding diaryl/α,β-unsaturated/α-hetero) is 1. The first kappa shape index (κ1) is 16.0. The summed E-state index contributed by atoms with van der Waals surface area (Å²) in [7, 11) is 0. The van der Waals surface area contributed by atoms with E-state index in [0.717, 1.165) is 16.8 Å². The molecule has 2 aromatic carbocycles.